The molecule has 0 radical (unpaired) electrons. The van der Waals surface area contributed by atoms with E-state index in [-0.39, 0.29) is 12.1 Å². The first kappa shape index (κ1) is 13.0. The lowest BCUT2D eigenvalue weighted by atomic mass is 10.3. The van der Waals surface area contributed by atoms with E-state index < -0.39 is 0 Å². The molecule has 0 unspecified atom stereocenters. The van der Waals surface area contributed by atoms with Crippen LogP contribution in [-0.4, -0.2) is 6.03 Å². The van der Waals surface area contributed by atoms with Crippen LogP contribution in [-0.2, 0) is 6.54 Å². The largest absolute Gasteiger partial charge is 0.467 e. The van der Waals surface area contributed by atoms with Crippen molar-refractivity contribution in [3.63, 3.8) is 0 Å². The summed E-state index contributed by atoms with van der Waals surface area (Å²) in [4.78, 5) is 12.7. The molecule has 2 N–H and O–H groups in total. The Morgan fingerprint density at radius 1 is 1.50 bits per heavy atom. The monoisotopic (exact) mass is 284 g/mol. The molecule has 0 fully saturated rings. The van der Waals surface area contributed by atoms with Gasteiger partial charge in [0.2, 0.25) is 0 Å². The molecule has 4 nitrogen and oxygen atoms in total. The van der Waals surface area contributed by atoms with Crippen LogP contribution >= 0.6 is 22.9 Å². The summed E-state index contributed by atoms with van der Waals surface area (Å²) in [6, 6.07) is 7.02. The van der Waals surface area contributed by atoms with Gasteiger partial charge in [0.25, 0.3) is 0 Å². The van der Waals surface area contributed by atoms with Crippen LogP contribution in [0.5, 0.6) is 0 Å². The average molecular weight is 285 g/mol. The molecule has 0 aliphatic rings. The molecule has 1 atom stereocenters. The van der Waals surface area contributed by atoms with Gasteiger partial charge in [-0.3, -0.25) is 0 Å². The van der Waals surface area contributed by atoms with Crippen molar-refractivity contribution in [2.24, 2.45) is 0 Å². The van der Waals surface area contributed by atoms with E-state index in [1.165, 1.54) is 11.3 Å². The Labute approximate surface area is 114 Å². The summed E-state index contributed by atoms with van der Waals surface area (Å²) in [7, 11) is 0. The first-order chi connectivity index (χ1) is 8.65. The van der Waals surface area contributed by atoms with Crippen molar-refractivity contribution in [2.75, 3.05) is 0 Å². The highest BCUT2D eigenvalue weighted by molar-refractivity contribution is 7.16. The smallest absolute Gasteiger partial charge is 0.315 e. The van der Waals surface area contributed by atoms with E-state index in [9.17, 15) is 4.79 Å². The van der Waals surface area contributed by atoms with E-state index in [1.807, 2.05) is 25.1 Å². The second kappa shape index (κ2) is 5.93. The number of halogens is 1. The molecule has 0 spiro atoms. The maximum absolute atomic E-state index is 11.6. The Hall–Kier alpha value is -1.46. The molecule has 2 aromatic heterocycles. The summed E-state index contributed by atoms with van der Waals surface area (Å²) in [6.45, 7) is 2.28. The van der Waals surface area contributed by atoms with E-state index in [2.05, 4.69) is 10.6 Å². The molecule has 0 aliphatic heterocycles. The average Bonchev–Trinajstić information content (AvgIpc) is 2.97. The zero-order chi connectivity index (χ0) is 13.0. The minimum Gasteiger partial charge on any atom is -0.467 e. The van der Waals surface area contributed by atoms with Gasteiger partial charge in [-0.25, -0.2) is 4.79 Å². The second-order valence-electron chi connectivity index (χ2n) is 3.77. The molecule has 0 aromatic carbocycles. The maximum Gasteiger partial charge on any atom is 0.315 e. The number of furan rings is 1. The number of thiophene rings is 1. The summed E-state index contributed by atoms with van der Waals surface area (Å²) in [5, 5.41) is 5.55. The lowest BCUT2D eigenvalue weighted by Gasteiger charge is -2.12. The Kier molecular flexibility index (Phi) is 4.28. The summed E-state index contributed by atoms with van der Waals surface area (Å²) in [6.07, 6.45) is 1.57. The summed E-state index contributed by atoms with van der Waals surface area (Å²) in [5.41, 5.74) is 0. The van der Waals surface area contributed by atoms with E-state index in [4.69, 9.17) is 16.0 Å². The van der Waals surface area contributed by atoms with Gasteiger partial charge < -0.3 is 15.1 Å². The van der Waals surface area contributed by atoms with Crippen molar-refractivity contribution in [3.05, 3.63) is 45.5 Å². The molecule has 0 saturated carbocycles. The SMILES string of the molecule is C[C@H](NC(=O)NCc1ccco1)c1ccc(Cl)s1. The Morgan fingerprint density at radius 3 is 2.94 bits per heavy atom. The van der Waals surface area contributed by atoms with Crippen molar-refractivity contribution in [1.82, 2.24) is 10.6 Å². The number of urea groups is 1. The molecule has 18 heavy (non-hydrogen) atoms. The van der Waals surface area contributed by atoms with Crippen molar-refractivity contribution < 1.29 is 9.21 Å². The first-order valence-corrected chi connectivity index (χ1v) is 6.66. The first-order valence-electron chi connectivity index (χ1n) is 5.47. The Morgan fingerprint density at radius 2 is 2.33 bits per heavy atom. The number of carbonyl (C=O) groups is 1. The van der Waals surface area contributed by atoms with Crippen molar-refractivity contribution in [3.8, 4) is 0 Å². The molecule has 0 aliphatic carbocycles. The van der Waals surface area contributed by atoms with Crippen LogP contribution in [0.2, 0.25) is 4.34 Å². The molecule has 2 heterocycles. The molecule has 2 aromatic rings. The second-order valence-corrected chi connectivity index (χ2v) is 5.52. The molecule has 2 rings (SSSR count). The van der Waals surface area contributed by atoms with Crippen LogP contribution in [0.4, 0.5) is 4.79 Å². The summed E-state index contributed by atoms with van der Waals surface area (Å²) in [5.74, 6) is 0.719. The third kappa shape index (κ3) is 3.51. The van der Waals surface area contributed by atoms with E-state index >= 15 is 0 Å². The molecule has 2 amide bonds. The standard InChI is InChI=1S/C12H13ClN2O2S/c1-8(10-4-5-11(13)18-10)15-12(16)14-7-9-3-2-6-17-9/h2-6,8H,7H2,1H3,(H2,14,15,16)/t8-/m0/s1. The van der Waals surface area contributed by atoms with Crippen molar-refractivity contribution in [1.29, 1.82) is 0 Å². The van der Waals surface area contributed by atoms with Crippen LogP contribution in [0.1, 0.15) is 23.6 Å². The van der Waals surface area contributed by atoms with Gasteiger partial charge in [0, 0.05) is 4.88 Å². The predicted octanol–water partition coefficient (Wildman–Crippen LogP) is 3.55. The third-order valence-corrected chi connectivity index (χ3v) is 3.79. The van der Waals surface area contributed by atoms with Gasteiger partial charge in [-0.1, -0.05) is 11.6 Å². The third-order valence-electron chi connectivity index (χ3n) is 2.37. The van der Waals surface area contributed by atoms with E-state index in [0.717, 1.165) is 15.0 Å². The highest BCUT2D eigenvalue weighted by atomic mass is 35.5. The fourth-order valence-electron chi connectivity index (χ4n) is 1.46. The zero-order valence-corrected chi connectivity index (χ0v) is 11.3. The molecular formula is C12H13ClN2O2S. The van der Waals surface area contributed by atoms with Gasteiger partial charge in [-0.05, 0) is 31.2 Å². The number of hydrogen-bond donors (Lipinski definition) is 2. The van der Waals surface area contributed by atoms with Gasteiger partial charge in [0.05, 0.1) is 23.2 Å². The van der Waals surface area contributed by atoms with Crippen molar-refractivity contribution in [2.45, 2.75) is 19.5 Å². The minimum absolute atomic E-state index is 0.0703. The summed E-state index contributed by atoms with van der Waals surface area (Å²) < 4.78 is 5.84. The molecule has 0 bridgehead atoms. The number of amides is 2. The Bertz CT molecular complexity index is 510. The predicted molar refractivity (Wildman–Crippen MR) is 71.8 cm³/mol. The zero-order valence-electron chi connectivity index (χ0n) is 9.77. The van der Waals surface area contributed by atoms with Crippen LogP contribution in [0, 0.1) is 0 Å². The molecule has 0 saturated heterocycles. The Balaban J connectivity index is 1.80. The van der Waals surface area contributed by atoms with E-state index in [1.54, 1.807) is 12.3 Å². The fourth-order valence-corrected chi connectivity index (χ4v) is 2.52. The molecular weight excluding hydrogens is 272 g/mol. The fraction of sp³-hybridized carbons (Fsp3) is 0.250. The topological polar surface area (TPSA) is 54.3 Å². The maximum atomic E-state index is 11.6. The van der Waals surface area contributed by atoms with Gasteiger partial charge in [-0.2, -0.15) is 0 Å². The number of hydrogen-bond acceptors (Lipinski definition) is 3. The van der Waals surface area contributed by atoms with Gasteiger partial charge in [0.1, 0.15) is 5.76 Å². The quantitative estimate of drug-likeness (QED) is 0.902. The van der Waals surface area contributed by atoms with Gasteiger partial charge in [-0.15, -0.1) is 11.3 Å². The molecule has 6 heteroatoms. The lowest BCUT2D eigenvalue weighted by molar-refractivity contribution is 0.236. The van der Waals surface area contributed by atoms with Crippen LogP contribution in [0.25, 0.3) is 0 Å². The lowest BCUT2D eigenvalue weighted by Crippen LogP contribution is -2.36. The number of rotatable bonds is 4. The van der Waals surface area contributed by atoms with E-state index in [0.29, 0.717) is 6.54 Å². The normalized spacial score (nSPS) is 12.1. The van der Waals surface area contributed by atoms with Gasteiger partial charge in [0.15, 0.2) is 0 Å². The number of carbonyl (C=O) groups excluding carboxylic acids is 1. The van der Waals surface area contributed by atoms with Crippen molar-refractivity contribution >= 4 is 29.0 Å². The van der Waals surface area contributed by atoms with Crippen LogP contribution in [0.3, 0.4) is 0 Å². The highest BCUT2D eigenvalue weighted by Gasteiger charge is 2.11. The number of nitrogens with one attached hydrogen (secondary N) is 2. The van der Waals surface area contributed by atoms with Gasteiger partial charge >= 0.3 is 6.03 Å². The molecule has 96 valence electrons. The highest BCUT2D eigenvalue weighted by Crippen LogP contribution is 2.26. The van der Waals surface area contributed by atoms with Crippen LogP contribution < -0.4 is 10.6 Å². The minimum atomic E-state index is -0.233. The summed E-state index contributed by atoms with van der Waals surface area (Å²) >= 11 is 7.31. The van der Waals surface area contributed by atoms with Crippen LogP contribution in [0.15, 0.2) is 34.9 Å².